The summed E-state index contributed by atoms with van der Waals surface area (Å²) < 4.78 is 2.00. The number of fused-ring (bicyclic) bond motifs is 1. The van der Waals surface area contributed by atoms with Crippen molar-refractivity contribution in [1.29, 1.82) is 0 Å². The van der Waals surface area contributed by atoms with Crippen LogP contribution in [0.5, 0.6) is 5.75 Å². The van der Waals surface area contributed by atoms with Gasteiger partial charge in [0.15, 0.2) is 12.4 Å². The van der Waals surface area contributed by atoms with Crippen LogP contribution in [0.25, 0.3) is 23.1 Å². The minimum absolute atomic E-state index is 0.212. The summed E-state index contributed by atoms with van der Waals surface area (Å²) in [6.07, 6.45) is 7.98. The second kappa shape index (κ2) is 5.13. The van der Waals surface area contributed by atoms with Gasteiger partial charge in [-0.15, -0.1) is 0 Å². The van der Waals surface area contributed by atoms with Crippen LogP contribution in [-0.2, 0) is 7.05 Å². The predicted octanol–water partition coefficient (Wildman–Crippen LogP) is 2.94. The summed E-state index contributed by atoms with van der Waals surface area (Å²) in [4.78, 5) is 4.47. The highest BCUT2D eigenvalue weighted by atomic mass is 16.3. The van der Waals surface area contributed by atoms with Crippen molar-refractivity contribution >= 4 is 23.1 Å². The molecule has 0 bridgehead atoms. The molecule has 3 rings (SSSR count). The lowest BCUT2D eigenvalue weighted by Gasteiger charge is -2.01. The number of aryl methyl sites for hydroxylation is 1. The van der Waals surface area contributed by atoms with Crippen LogP contribution in [0, 0.1) is 0 Å². The van der Waals surface area contributed by atoms with Crippen molar-refractivity contribution in [3.63, 3.8) is 0 Å². The first kappa shape index (κ1) is 12.4. The Kier molecular flexibility index (Phi) is 3.17. The predicted molar refractivity (Wildman–Crippen MR) is 80.0 cm³/mol. The highest BCUT2D eigenvalue weighted by Crippen LogP contribution is 2.22. The minimum Gasteiger partial charge on any atom is -0.506 e. The number of benzene rings is 1. The summed E-state index contributed by atoms with van der Waals surface area (Å²) in [6.45, 7) is 0. The van der Waals surface area contributed by atoms with Crippen LogP contribution in [0.2, 0.25) is 0 Å². The summed E-state index contributed by atoms with van der Waals surface area (Å²) >= 11 is 0. The zero-order valence-electron chi connectivity index (χ0n) is 11.2. The molecular formula is C17H15N2O+. The van der Waals surface area contributed by atoms with Gasteiger partial charge in [-0.2, -0.15) is 0 Å². The molecule has 0 aliphatic heterocycles. The van der Waals surface area contributed by atoms with Crippen LogP contribution in [0.3, 0.4) is 0 Å². The van der Waals surface area contributed by atoms with Crippen molar-refractivity contribution in [2.75, 3.05) is 0 Å². The molecule has 20 heavy (non-hydrogen) atoms. The van der Waals surface area contributed by atoms with Crippen LogP contribution >= 0.6 is 0 Å². The molecule has 1 aromatic carbocycles. The van der Waals surface area contributed by atoms with Crippen molar-refractivity contribution in [2.24, 2.45) is 7.05 Å². The van der Waals surface area contributed by atoms with Gasteiger partial charge < -0.3 is 5.11 Å². The third kappa shape index (κ3) is 2.52. The van der Waals surface area contributed by atoms with Gasteiger partial charge in [0.05, 0.1) is 5.69 Å². The Labute approximate surface area is 117 Å². The molecule has 0 saturated heterocycles. The SMILES string of the molecule is C[n+]1cccc(C=Cc2ccc3cccc(O)c3n2)c1. The summed E-state index contributed by atoms with van der Waals surface area (Å²) in [5, 5.41) is 10.8. The van der Waals surface area contributed by atoms with E-state index in [1.54, 1.807) is 6.07 Å². The van der Waals surface area contributed by atoms with E-state index in [2.05, 4.69) is 4.98 Å². The second-order valence-electron chi connectivity index (χ2n) is 4.72. The molecule has 1 N–H and O–H groups in total. The molecule has 0 atom stereocenters. The molecular weight excluding hydrogens is 248 g/mol. The number of para-hydroxylation sites is 1. The Morgan fingerprint density at radius 3 is 2.80 bits per heavy atom. The first-order chi connectivity index (χ1) is 9.72. The first-order valence-electron chi connectivity index (χ1n) is 6.44. The number of hydrogen-bond donors (Lipinski definition) is 1. The van der Waals surface area contributed by atoms with Gasteiger partial charge in [-0.25, -0.2) is 9.55 Å². The van der Waals surface area contributed by atoms with E-state index in [-0.39, 0.29) is 5.75 Å². The summed E-state index contributed by atoms with van der Waals surface area (Å²) in [6, 6.07) is 13.4. The van der Waals surface area contributed by atoms with Gasteiger partial charge in [-0.05, 0) is 30.4 Å². The standard InChI is InChI=1S/C17H14N2O/c1-19-11-3-4-13(12-19)7-9-15-10-8-14-5-2-6-16(20)17(14)18-15/h2-12H,1H3/p+1. The lowest BCUT2D eigenvalue weighted by molar-refractivity contribution is -0.671. The van der Waals surface area contributed by atoms with E-state index in [4.69, 9.17) is 0 Å². The van der Waals surface area contributed by atoms with E-state index < -0.39 is 0 Å². The lowest BCUT2D eigenvalue weighted by Crippen LogP contribution is -2.26. The topological polar surface area (TPSA) is 37.0 Å². The fourth-order valence-corrected chi connectivity index (χ4v) is 2.13. The van der Waals surface area contributed by atoms with Crippen LogP contribution < -0.4 is 4.57 Å². The zero-order chi connectivity index (χ0) is 13.9. The van der Waals surface area contributed by atoms with Crippen molar-refractivity contribution in [1.82, 2.24) is 4.98 Å². The molecule has 0 unspecified atom stereocenters. The maximum atomic E-state index is 9.83. The third-order valence-corrected chi connectivity index (χ3v) is 3.13. The highest BCUT2D eigenvalue weighted by molar-refractivity contribution is 5.85. The molecule has 2 heterocycles. The number of aromatic nitrogens is 2. The maximum Gasteiger partial charge on any atom is 0.175 e. The fourth-order valence-electron chi connectivity index (χ4n) is 2.13. The van der Waals surface area contributed by atoms with Crippen molar-refractivity contribution in [2.45, 2.75) is 0 Å². The van der Waals surface area contributed by atoms with Crippen LogP contribution in [0.15, 0.2) is 54.9 Å². The molecule has 3 nitrogen and oxygen atoms in total. The number of hydrogen-bond acceptors (Lipinski definition) is 2. The summed E-state index contributed by atoms with van der Waals surface area (Å²) in [7, 11) is 1.99. The number of phenolic OH excluding ortho intramolecular Hbond substituents is 1. The van der Waals surface area contributed by atoms with E-state index in [1.807, 2.05) is 72.6 Å². The molecule has 98 valence electrons. The van der Waals surface area contributed by atoms with E-state index in [0.29, 0.717) is 5.52 Å². The molecule has 0 fully saturated rings. The molecule has 0 aliphatic rings. The lowest BCUT2D eigenvalue weighted by atomic mass is 10.1. The van der Waals surface area contributed by atoms with Crippen LogP contribution in [0.4, 0.5) is 0 Å². The fraction of sp³-hybridized carbons (Fsp3) is 0.0588. The van der Waals surface area contributed by atoms with Gasteiger partial charge in [-0.1, -0.05) is 18.2 Å². The molecule has 2 aromatic heterocycles. The number of phenols is 1. The zero-order valence-corrected chi connectivity index (χ0v) is 11.2. The molecule has 0 amide bonds. The smallest absolute Gasteiger partial charge is 0.175 e. The van der Waals surface area contributed by atoms with Crippen molar-refractivity contribution in [3.8, 4) is 5.75 Å². The molecule has 0 radical (unpaired) electrons. The van der Waals surface area contributed by atoms with Crippen molar-refractivity contribution in [3.05, 3.63) is 66.1 Å². The van der Waals surface area contributed by atoms with Crippen molar-refractivity contribution < 1.29 is 9.67 Å². The normalized spacial score (nSPS) is 11.2. The number of aromatic hydroxyl groups is 1. The van der Waals surface area contributed by atoms with Gasteiger partial charge in [0.2, 0.25) is 0 Å². The van der Waals surface area contributed by atoms with Crippen LogP contribution in [0.1, 0.15) is 11.3 Å². The van der Waals surface area contributed by atoms with E-state index in [1.165, 1.54) is 0 Å². The Bertz CT molecular complexity index is 794. The maximum absolute atomic E-state index is 9.83. The van der Waals surface area contributed by atoms with Gasteiger partial charge >= 0.3 is 0 Å². The molecule has 0 spiro atoms. The third-order valence-electron chi connectivity index (χ3n) is 3.13. The van der Waals surface area contributed by atoms with E-state index in [0.717, 1.165) is 16.6 Å². The monoisotopic (exact) mass is 263 g/mol. The summed E-state index contributed by atoms with van der Waals surface area (Å²) in [5.74, 6) is 0.212. The minimum atomic E-state index is 0.212. The molecule has 0 saturated carbocycles. The number of pyridine rings is 2. The average Bonchev–Trinajstić information content (AvgIpc) is 2.46. The Morgan fingerprint density at radius 2 is 1.95 bits per heavy atom. The second-order valence-corrected chi connectivity index (χ2v) is 4.72. The highest BCUT2D eigenvalue weighted by Gasteiger charge is 2.01. The van der Waals surface area contributed by atoms with Gasteiger partial charge in [0, 0.05) is 17.0 Å². The molecule has 0 aliphatic carbocycles. The van der Waals surface area contributed by atoms with Gasteiger partial charge in [0.1, 0.15) is 18.3 Å². The Morgan fingerprint density at radius 1 is 1.05 bits per heavy atom. The van der Waals surface area contributed by atoms with Gasteiger partial charge in [0.25, 0.3) is 0 Å². The Balaban J connectivity index is 1.97. The van der Waals surface area contributed by atoms with E-state index >= 15 is 0 Å². The summed E-state index contributed by atoms with van der Waals surface area (Å²) in [5.41, 5.74) is 2.56. The van der Waals surface area contributed by atoms with E-state index in [9.17, 15) is 5.11 Å². The number of nitrogens with zero attached hydrogens (tertiary/aromatic N) is 2. The quantitative estimate of drug-likeness (QED) is 0.722. The number of rotatable bonds is 2. The van der Waals surface area contributed by atoms with Gasteiger partial charge in [-0.3, -0.25) is 0 Å². The molecule has 3 aromatic rings. The Hall–Kier alpha value is -2.68. The average molecular weight is 263 g/mol. The molecule has 3 heteroatoms. The largest absolute Gasteiger partial charge is 0.506 e. The van der Waals surface area contributed by atoms with Crippen LogP contribution in [-0.4, -0.2) is 10.1 Å². The first-order valence-corrected chi connectivity index (χ1v) is 6.44.